The molecule has 0 aliphatic heterocycles. The van der Waals surface area contributed by atoms with Crippen LogP contribution in [-0.4, -0.2) is 17.4 Å². The van der Waals surface area contributed by atoms with E-state index in [1.807, 2.05) is 25.1 Å². The first kappa shape index (κ1) is 16.3. The number of aromatic nitrogens is 1. The van der Waals surface area contributed by atoms with Crippen LogP contribution in [0.5, 0.6) is 0 Å². The highest BCUT2D eigenvalue weighted by molar-refractivity contribution is 5.80. The molecule has 0 aliphatic carbocycles. The summed E-state index contributed by atoms with van der Waals surface area (Å²) in [5, 5.41) is 3.86. The number of H-pyrrole nitrogens is 1. The van der Waals surface area contributed by atoms with Crippen molar-refractivity contribution in [1.82, 2.24) is 10.3 Å². The number of amides is 1. The standard InChI is InChI=1S/C18H24N2O2/c1-4-9-19-17(21)8-6-14-11-15-10-13(12(2)3)5-7-16(15)20-18(14)22/h5,7,10-12H,4,6,8-9H2,1-3H3,(H,19,21)(H,20,22). The number of pyridine rings is 1. The maximum Gasteiger partial charge on any atom is 0.251 e. The zero-order valence-corrected chi connectivity index (χ0v) is 13.5. The third-order valence-corrected chi connectivity index (χ3v) is 3.81. The van der Waals surface area contributed by atoms with Gasteiger partial charge in [-0.2, -0.15) is 0 Å². The van der Waals surface area contributed by atoms with Crippen molar-refractivity contribution in [1.29, 1.82) is 0 Å². The summed E-state index contributed by atoms with van der Waals surface area (Å²) in [7, 11) is 0. The highest BCUT2D eigenvalue weighted by atomic mass is 16.1. The molecule has 118 valence electrons. The van der Waals surface area contributed by atoms with Gasteiger partial charge < -0.3 is 10.3 Å². The van der Waals surface area contributed by atoms with E-state index in [1.165, 1.54) is 5.56 Å². The van der Waals surface area contributed by atoms with Gasteiger partial charge in [-0.3, -0.25) is 9.59 Å². The minimum absolute atomic E-state index is 0.00252. The SMILES string of the molecule is CCCNC(=O)CCc1cc2cc(C(C)C)ccc2[nH]c1=O. The molecule has 0 radical (unpaired) electrons. The summed E-state index contributed by atoms with van der Waals surface area (Å²) in [4.78, 5) is 26.7. The fourth-order valence-corrected chi connectivity index (χ4v) is 2.42. The van der Waals surface area contributed by atoms with Gasteiger partial charge >= 0.3 is 0 Å². The van der Waals surface area contributed by atoms with E-state index < -0.39 is 0 Å². The summed E-state index contributed by atoms with van der Waals surface area (Å²) >= 11 is 0. The number of hydrogen-bond donors (Lipinski definition) is 2. The van der Waals surface area contributed by atoms with Crippen LogP contribution in [-0.2, 0) is 11.2 Å². The van der Waals surface area contributed by atoms with Gasteiger partial charge in [0.05, 0.1) is 0 Å². The largest absolute Gasteiger partial charge is 0.356 e. The van der Waals surface area contributed by atoms with Crippen LogP contribution in [0.3, 0.4) is 0 Å². The first-order chi connectivity index (χ1) is 10.5. The van der Waals surface area contributed by atoms with Crippen molar-refractivity contribution in [2.45, 2.75) is 46.0 Å². The zero-order chi connectivity index (χ0) is 16.1. The second-order valence-corrected chi connectivity index (χ2v) is 5.98. The number of fused-ring (bicyclic) bond motifs is 1. The summed E-state index contributed by atoms with van der Waals surface area (Å²) in [5.41, 5.74) is 2.65. The Morgan fingerprint density at radius 1 is 1.27 bits per heavy atom. The Bertz CT molecular complexity index is 717. The Morgan fingerprint density at radius 2 is 2.05 bits per heavy atom. The van der Waals surface area contributed by atoms with E-state index in [9.17, 15) is 9.59 Å². The van der Waals surface area contributed by atoms with Crippen molar-refractivity contribution >= 4 is 16.8 Å². The molecule has 0 fully saturated rings. The van der Waals surface area contributed by atoms with Crippen LogP contribution in [0.4, 0.5) is 0 Å². The van der Waals surface area contributed by atoms with Gasteiger partial charge in [-0.25, -0.2) is 0 Å². The smallest absolute Gasteiger partial charge is 0.251 e. The van der Waals surface area contributed by atoms with Crippen LogP contribution in [0.2, 0.25) is 0 Å². The van der Waals surface area contributed by atoms with Gasteiger partial charge in [0.2, 0.25) is 5.91 Å². The van der Waals surface area contributed by atoms with E-state index in [4.69, 9.17) is 0 Å². The second-order valence-electron chi connectivity index (χ2n) is 5.98. The van der Waals surface area contributed by atoms with Crippen molar-refractivity contribution in [3.8, 4) is 0 Å². The number of aryl methyl sites for hydroxylation is 1. The molecule has 2 aromatic rings. The van der Waals surface area contributed by atoms with E-state index in [0.717, 1.165) is 17.3 Å². The van der Waals surface area contributed by atoms with Gasteiger partial charge in [0.25, 0.3) is 5.56 Å². The molecule has 0 unspecified atom stereocenters. The highest BCUT2D eigenvalue weighted by Crippen LogP contribution is 2.20. The fraction of sp³-hybridized carbons (Fsp3) is 0.444. The van der Waals surface area contributed by atoms with E-state index >= 15 is 0 Å². The van der Waals surface area contributed by atoms with Crippen LogP contribution in [0.1, 0.15) is 50.7 Å². The van der Waals surface area contributed by atoms with Crippen molar-refractivity contribution in [2.24, 2.45) is 0 Å². The molecule has 2 N–H and O–H groups in total. The molecule has 0 saturated heterocycles. The molecule has 4 heteroatoms. The third kappa shape index (κ3) is 3.97. The zero-order valence-electron chi connectivity index (χ0n) is 13.5. The number of hydrogen-bond acceptors (Lipinski definition) is 2. The van der Waals surface area contributed by atoms with Crippen LogP contribution in [0.15, 0.2) is 29.1 Å². The Labute approximate surface area is 130 Å². The Balaban J connectivity index is 2.20. The highest BCUT2D eigenvalue weighted by Gasteiger charge is 2.08. The minimum atomic E-state index is -0.104. The van der Waals surface area contributed by atoms with E-state index in [1.54, 1.807) is 0 Å². The topological polar surface area (TPSA) is 62.0 Å². The first-order valence-corrected chi connectivity index (χ1v) is 7.93. The molecule has 2 rings (SSSR count). The molecule has 0 saturated carbocycles. The van der Waals surface area contributed by atoms with E-state index in [0.29, 0.717) is 30.9 Å². The van der Waals surface area contributed by atoms with Gasteiger partial charge in [-0.15, -0.1) is 0 Å². The van der Waals surface area contributed by atoms with Crippen molar-refractivity contribution in [2.75, 3.05) is 6.54 Å². The molecule has 0 atom stereocenters. The third-order valence-electron chi connectivity index (χ3n) is 3.81. The summed E-state index contributed by atoms with van der Waals surface area (Å²) in [6.45, 7) is 6.99. The van der Waals surface area contributed by atoms with Gasteiger partial charge in [-0.1, -0.05) is 26.8 Å². The summed E-state index contributed by atoms with van der Waals surface area (Å²) < 4.78 is 0. The minimum Gasteiger partial charge on any atom is -0.356 e. The monoisotopic (exact) mass is 300 g/mol. The quantitative estimate of drug-likeness (QED) is 0.861. The molecule has 4 nitrogen and oxygen atoms in total. The number of rotatable bonds is 6. The second kappa shape index (κ2) is 7.25. The molecule has 1 heterocycles. The number of aromatic amines is 1. The number of carbonyl (C=O) groups is 1. The number of nitrogens with one attached hydrogen (secondary N) is 2. The lowest BCUT2D eigenvalue weighted by Crippen LogP contribution is -2.25. The van der Waals surface area contributed by atoms with Crippen molar-refractivity contribution in [3.63, 3.8) is 0 Å². The predicted octanol–water partition coefficient (Wildman–Crippen LogP) is 3.11. The van der Waals surface area contributed by atoms with Crippen LogP contribution < -0.4 is 10.9 Å². The van der Waals surface area contributed by atoms with Gasteiger partial charge in [-0.05, 0) is 47.9 Å². The normalized spacial score (nSPS) is 11.1. The van der Waals surface area contributed by atoms with E-state index in [2.05, 4.69) is 30.2 Å². The van der Waals surface area contributed by atoms with Crippen LogP contribution >= 0.6 is 0 Å². The molecule has 1 aromatic carbocycles. The molecule has 0 spiro atoms. The Kier molecular flexibility index (Phi) is 5.36. The lowest BCUT2D eigenvalue weighted by molar-refractivity contribution is -0.121. The van der Waals surface area contributed by atoms with Gasteiger partial charge in [0.15, 0.2) is 0 Å². The van der Waals surface area contributed by atoms with Crippen LogP contribution in [0, 0.1) is 0 Å². The average molecular weight is 300 g/mol. The lowest BCUT2D eigenvalue weighted by atomic mass is 10.00. The molecule has 1 aromatic heterocycles. The molecular formula is C18H24N2O2. The maximum atomic E-state index is 12.1. The van der Waals surface area contributed by atoms with Crippen LogP contribution in [0.25, 0.3) is 10.9 Å². The first-order valence-electron chi connectivity index (χ1n) is 7.93. The van der Waals surface area contributed by atoms with E-state index in [-0.39, 0.29) is 11.5 Å². The molecule has 0 bridgehead atoms. The summed E-state index contributed by atoms with van der Waals surface area (Å²) in [5.74, 6) is 0.442. The van der Waals surface area contributed by atoms with Crippen molar-refractivity contribution in [3.05, 3.63) is 45.7 Å². The van der Waals surface area contributed by atoms with Gasteiger partial charge in [0, 0.05) is 24.0 Å². The maximum absolute atomic E-state index is 12.1. The number of carbonyl (C=O) groups excluding carboxylic acids is 1. The average Bonchev–Trinajstić information content (AvgIpc) is 2.50. The summed E-state index contributed by atoms with van der Waals surface area (Å²) in [6.07, 6.45) is 1.73. The van der Waals surface area contributed by atoms with Crippen molar-refractivity contribution < 1.29 is 4.79 Å². The number of benzene rings is 1. The molecular weight excluding hydrogens is 276 g/mol. The molecule has 22 heavy (non-hydrogen) atoms. The summed E-state index contributed by atoms with van der Waals surface area (Å²) in [6, 6.07) is 8.01. The Hall–Kier alpha value is -2.10. The fourth-order valence-electron chi connectivity index (χ4n) is 2.42. The van der Waals surface area contributed by atoms with Gasteiger partial charge in [0.1, 0.15) is 0 Å². The lowest BCUT2D eigenvalue weighted by Gasteiger charge is -2.08. The molecule has 0 aliphatic rings. The predicted molar refractivity (Wildman–Crippen MR) is 90.3 cm³/mol. The molecule has 1 amide bonds. The Morgan fingerprint density at radius 3 is 2.73 bits per heavy atom.